The van der Waals surface area contributed by atoms with Crippen molar-refractivity contribution in [3.8, 4) is 11.4 Å². The van der Waals surface area contributed by atoms with Crippen LogP contribution in [0.15, 0.2) is 30.3 Å². The Bertz CT molecular complexity index is 920. The minimum Gasteiger partial charge on any atom is -0.346 e. The molecule has 1 amide bonds. The van der Waals surface area contributed by atoms with Gasteiger partial charge in [-0.3, -0.25) is 9.89 Å². The first kappa shape index (κ1) is 17.9. The Balaban J connectivity index is 1.77. The molecule has 3 rings (SSSR count). The van der Waals surface area contributed by atoms with Gasteiger partial charge < -0.3 is 15.6 Å². The van der Waals surface area contributed by atoms with E-state index in [1.54, 1.807) is 0 Å². The van der Waals surface area contributed by atoms with Gasteiger partial charge in [0, 0.05) is 28.7 Å². The molecular weight excluding hydrogens is 328 g/mol. The van der Waals surface area contributed by atoms with Crippen molar-refractivity contribution in [1.82, 2.24) is 19.7 Å². The molecule has 0 fully saturated rings. The molecule has 7 heteroatoms. The molecule has 0 aliphatic heterocycles. The first-order valence-corrected chi connectivity index (χ1v) is 8.62. The van der Waals surface area contributed by atoms with Gasteiger partial charge >= 0.3 is 0 Å². The van der Waals surface area contributed by atoms with Gasteiger partial charge in [0.05, 0.1) is 12.1 Å². The first-order chi connectivity index (χ1) is 12.4. The van der Waals surface area contributed by atoms with Crippen LogP contribution in [-0.4, -0.2) is 25.7 Å². The number of hydrogen-bond acceptors (Lipinski definition) is 4. The van der Waals surface area contributed by atoms with E-state index in [-0.39, 0.29) is 5.91 Å². The molecule has 3 aromatic rings. The molecule has 0 radical (unpaired) electrons. The number of hydrogen-bond donors (Lipinski definition) is 3. The molecule has 0 unspecified atom stereocenters. The molecular formula is C19H24N6O. The lowest BCUT2D eigenvalue weighted by atomic mass is 10.2. The number of amides is 1. The SMILES string of the molecule is Cc1cc(C(=O)Nc2ccc(-c3n[nH]c(CN)n3)cc2)c(C)n1C(C)C. The Morgan fingerprint density at radius 3 is 2.50 bits per heavy atom. The first-order valence-electron chi connectivity index (χ1n) is 8.62. The molecule has 2 aromatic heterocycles. The summed E-state index contributed by atoms with van der Waals surface area (Å²) in [6.45, 7) is 8.53. The average Bonchev–Trinajstić information content (AvgIpc) is 3.20. The van der Waals surface area contributed by atoms with E-state index >= 15 is 0 Å². The standard InChI is InChI=1S/C19H24N6O/c1-11(2)25-12(3)9-16(13(25)4)19(26)21-15-7-5-14(6-8-15)18-22-17(10-20)23-24-18/h5-9,11H,10,20H2,1-4H3,(H,21,26)(H,22,23,24). The average molecular weight is 352 g/mol. The van der Waals surface area contributed by atoms with Crippen LogP contribution < -0.4 is 11.1 Å². The zero-order chi connectivity index (χ0) is 18.8. The van der Waals surface area contributed by atoms with Crippen LogP contribution in [-0.2, 0) is 6.54 Å². The second kappa shape index (κ2) is 7.13. The zero-order valence-corrected chi connectivity index (χ0v) is 15.5. The number of aryl methyl sites for hydroxylation is 1. The number of carbonyl (C=O) groups is 1. The van der Waals surface area contributed by atoms with Crippen molar-refractivity contribution in [3.05, 3.63) is 53.1 Å². The quantitative estimate of drug-likeness (QED) is 0.656. The Morgan fingerprint density at radius 2 is 1.96 bits per heavy atom. The number of nitrogens with two attached hydrogens (primary N) is 1. The number of aromatic nitrogens is 4. The Morgan fingerprint density at radius 1 is 1.27 bits per heavy atom. The maximum Gasteiger partial charge on any atom is 0.257 e. The van der Waals surface area contributed by atoms with Gasteiger partial charge in [0.2, 0.25) is 0 Å². The van der Waals surface area contributed by atoms with E-state index in [0.29, 0.717) is 29.8 Å². The molecule has 136 valence electrons. The molecule has 0 spiro atoms. The summed E-state index contributed by atoms with van der Waals surface area (Å²) in [5, 5.41) is 9.87. The zero-order valence-electron chi connectivity index (χ0n) is 15.5. The molecule has 0 saturated heterocycles. The summed E-state index contributed by atoms with van der Waals surface area (Å²) in [5.41, 5.74) is 9.87. The van der Waals surface area contributed by atoms with Crippen molar-refractivity contribution < 1.29 is 4.79 Å². The second-order valence-corrected chi connectivity index (χ2v) is 6.59. The molecule has 0 bridgehead atoms. The third kappa shape index (κ3) is 3.39. The second-order valence-electron chi connectivity index (χ2n) is 6.59. The van der Waals surface area contributed by atoms with Gasteiger partial charge in [0.15, 0.2) is 5.82 Å². The van der Waals surface area contributed by atoms with Crippen LogP contribution in [0.4, 0.5) is 5.69 Å². The monoisotopic (exact) mass is 352 g/mol. The maximum absolute atomic E-state index is 12.7. The third-order valence-corrected chi connectivity index (χ3v) is 4.37. The predicted molar refractivity (Wildman–Crippen MR) is 102 cm³/mol. The van der Waals surface area contributed by atoms with E-state index < -0.39 is 0 Å². The highest BCUT2D eigenvalue weighted by Crippen LogP contribution is 2.22. The van der Waals surface area contributed by atoms with Crippen LogP contribution in [0.3, 0.4) is 0 Å². The van der Waals surface area contributed by atoms with Crippen molar-refractivity contribution in [2.24, 2.45) is 5.73 Å². The summed E-state index contributed by atoms with van der Waals surface area (Å²) in [6, 6.07) is 9.67. The molecule has 4 N–H and O–H groups in total. The van der Waals surface area contributed by atoms with Gasteiger partial charge in [-0.25, -0.2) is 4.98 Å². The van der Waals surface area contributed by atoms with E-state index in [0.717, 1.165) is 22.6 Å². The molecule has 1 aromatic carbocycles. The lowest BCUT2D eigenvalue weighted by molar-refractivity contribution is 0.102. The van der Waals surface area contributed by atoms with E-state index in [2.05, 4.69) is 38.9 Å². The van der Waals surface area contributed by atoms with Crippen molar-refractivity contribution in [3.63, 3.8) is 0 Å². The minimum absolute atomic E-state index is 0.110. The number of rotatable bonds is 5. The number of benzene rings is 1. The number of nitrogens with zero attached hydrogens (tertiary/aromatic N) is 3. The smallest absolute Gasteiger partial charge is 0.257 e. The Labute approximate surface area is 152 Å². The van der Waals surface area contributed by atoms with Gasteiger partial charge in [0.25, 0.3) is 5.91 Å². The van der Waals surface area contributed by atoms with Crippen LogP contribution in [0.25, 0.3) is 11.4 Å². The van der Waals surface area contributed by atoms with E-state index in [1.165, 1.54) is 0 Å². The number of nitrogens with one attached hydrogen (secondary N) is 2. The van der Waals surface area contributed by atoms with Crippen LogP contribution >= 0.6 is 0 Å². The largest absolute Gasteiger partial charge is 0.346 e. The van der Waals surface area contributed by atoms with Gasteiger partial charge in [-0.15, -0.1) is 0 Å². The molecule has 0 aliphatic carbocycles. The van der Waals surface area contributed by atoms with Gasteiger partial charge in [-0.2, -0.15) is 5.10 Å². The topological polar surface area (TPSA) is 102 Å². The highest BCUT2D eigenvalue weighted by atomic mass is 16.1. The van der Waals surface area contributed by atoms with Crippen LogP contribution in [0, 0.1) is 13.8 Å². The molecule has 0 atom stereocenters. The fourth-order valence-electron chi connectivity index (χ4n) is 3.22. The number of anilines is 1. The molecule has 0 saturated carbocycles. The summed E-state index contributed by atoms with van der Waals surface area (Å²) in [7, 11) is 0. The van der Waals surface area contributed by atoms with Crippen molar-refractivity contribution in [1.29, 1.82) is 0 Å². The normalized spacial score (nSPS) is 11.2. The van der Waals surface area contributed by atoms with Gasteiger partial charge in [-0.05, 0) is 58.0 Å². The van der Waals surface area contributed by atoms with E-state index in [1.807, 2.05) is 44.2 Å². The van der Waals surface area contributed by atoms with Gasteiger partial charge in [0.1, 0.15) is 5.82 Å². The van der Waals surface area contributed by atoms with Gasteiger partial charge in [-0.1, -0.05) is 0 Å². The Kier molecular flexibility index (Phi) is 4.90. The van der Waals surface area contributed by atoms with E-state index in [9.17, 15) is 4.79 Å². The maximum atomic E-state index is 12.7. The fourth-order valence-corrected chi connectivity index (χ4v) is 3.22. The molecule has 2 heterocycles. The summed E-state index contributed by atoms with van der Waals surface area (Å²) < 4.78 is 2.16. The number of H-pyrrole nitrogens is 1. The fraction of sp³-hybridized carbons (Fsp3) is 0.316. The highest BCUT2D eigenvalue weighted by Gasteiger charge is 2.17. The van der Waals surface area contributed by atoms with Crippen molar-refractivity contribution in [2.45, 2.75) is 40.3 Å². The number of aromatic amines is 1. The third-order valence-electron chi connectivity index (χ3n) is 4.37. The molecule has 0 aliphatic rings. The van der Waals surface area contributed by atoms with E-state index in [4.69, 9.17) is 5.73 Å². The van der Waals surface area contributed by atoms with Crippen LogP contribution in [0.5, 0.6) is 0 Å². The van der Waals surface area contributed by atoms with Crippen LogP contribution in [0.2, 0.25) is 0 Å². The lowest BCUT2D eigenvalue weighted by Crippen LogP contribution is -2.13. The predicted octanol–water partition coefficient (Wildman–Crippen LogP) is 3.18. The summed E-state index contributed by atoms with van der Waals surface area (Å²) in [4.78, 5) is 16.9. The lowest BCUT2D eigenvalue weighted by Gasteiger charge is -2.13. The van der Waals surface area contributed by atoms with Crippen molar-refractivity contribution in [2.75, 3.05) is 5.32 Å². The summed E-state index contributed by atoms with van der Waals surface area (Å²) in [6.07, 6.45) is 0. The summed E-state index contributed by atoms with van der Waals surface area (Å²) >= 11 is 0. The van der Waals surface area contributed by atoms with Crippen LogP contribution in [0.1, 0.15) is 47.5 Å². The highest BCUT2D eigenvalue weighted by molar-refractivity contribution is 6.05. The minimum atomic E-state index is -0.110. The molecule has 26 heavy (non-hydrogen) atoms. The van der Waals surface area contributed by atoms with Crippen molar-refractivity contribution >= 4 is 11.6 Å². The molecule has 7 nitrogen and oxygen atoms in total. The summed E-state index contributed by atoms with van der Waals surface area (Å²) in [5.74, 6) is 1.11. The Hall–Kier alpha value is -2.93. The number of carbonyl (C=O) groups excluding carboxylic acids is 1.